The average molecular weight is 370 g/mol. The van der Waals surface area contributed by atoms with Gasteiger partial charge in [0.15, 0.2) is 11.7 Å². The minimum Gasteiger partial charge on any atom is -0.459 e. The Morgan fingerprint density at radius 3 is 2.74 bits per heavy atom. The number of aliphatic imine (C=N–C) groups is 1. The maximum absolute atomic E-state index is 12.0. The van der Waals surface area contributed by atoms with E-state index in [9.17, 15) is 4.79 Å². The van der Waals surface area contributed by atoms with Crippen LogP contribution in [0.2, 0.25) is 0 Å². The maximum Gasteiger partial charge on any atom is 0.291 e. The van der Waals surface area contributed by atoms with Gasteiger partial charge in [0.1, 0.15) is 0 Å². The summed E-state index contributed by atoms with van der Waals surface area (Å²) in [6.07, 6.45) is 2.58. The normalized spacial score (nSPS) is 17.0. The summed E-state index contributed by atoms with van der Waals surface area (Å²) < 4.78 is 10.5. The number of anilines is 1. The van der Waals surface area contributed by atoms with Crippen LogP contribution in [-0.4, -0.2) is 50.6 Å². The minimum absolute atomic E-state index is 0.260. The molecular formula is C20H26N4O3. The molecule has 1 aliphatic heterocycles. The quantitative estimate of drug-likeness (QED) is 0.604. The molecular weight excluding hydrogens is 344 g/mol. The molecule has 1 saturated heterocycles. The first kappa shape index (κ1) is 19.0. The van der Waals surface area contributed by atoms with Gasteiger partial charge in [-0.25, -0.2) is 0 Å². The van der Waals surface area contributed by atoms with E-state index in [2.05, 4.69) is 20.5 Å². The topological polar surface area (TPSA) is 79.1 Å². The SMILES string of the molecule is CN=C(NCc1ccc(NC(=O)c2ccco2)cc1)N(C)CC1CCOC1. The van der Waals surface area contributed by atoms with Gasteiger partial charge < -0.3 is 24.7 Å². The number of hydrogen-bond donors (Lipinski definition) is 2. The van der Waals surface area contributed by atoms with E-state index < -0.39 is 0 Å². The van der Waals surface area contributed by atoms with Crippen molar-refractivity contribution in [2.45, 2.75) is 13.0 Å². The van der Waals surface area contributed by atoms with Crippen molar-refractivity contribution in [3.63, 3.8) is 0 Å². The maximum atomic E-state index is 12.0. The van der Waals surface area contributed by atoms with Crippen molar-refractivity contribution in [1.29, 1.82) is 0 Å². The van der Waals surface area contributed by atoms with Gasteiger partial charge in [0.25, 0.3) is 5.91 Å². The Morgan fingerprint density at radius 1 is 1.30 bits per heavy atom. The van der Waals surface area contributed by atoms with Gasteiger partial charge in [0.05, 0.1) is 12.9 Å². The van der Waals surface area contributed by atoms with E-state index in [0.717, 1.165) is 43.4 Å². The fraction of sp³-hybridized carbons (Fsp3) is 0.400. The van der Waals surface area contributed by atoms with Crippen molar-refractivity contribution in [2.24, 2.45) is 10.9 Å². The van der Waals surface area contributed by atoms with Crippen molar-refractivity contribution in [3.8, 4) is 0 Å². The van der Waals surface area contributed by atoms with Gasteiger partial charge in [0, 0.05) is 45.4 Å². The minimum atomic E-state index is -0.260. The fourth-order valence-electron chi connectivity index (χ4n) is 3.07. The molecule has 0 spiro atoms. The van der Waals surface area contributed by atoms with Crippen LogP contribution in [0.3, 0.4) is 0 Å². The predicted octanol–water partition coefficient (Wildman–Crippen LogP) is 2.58. The second-order valence-corrected chi connectivity index (χ2v) is 6.64. The first-order chi connectivity index (χ1) is 13.2. The lowest BCUT2D eigenvalue weighted by molar-refractivity contribution is 0.0996. The molecule has 1 unspecified atom stereocenters. The summed E-state index contributed by atoms with van der Waals surface area (Å²) in [5.74, 6) is 1.45. The molecule has 0 bridgehead atoms. The summed E-state index contributed by atoms with van der Waals surface area (Å²) in [5, 5.41) is 6.18. The molecule has 0 saturated carbocycles. The number of rotatable bonds is 6. The van der Waals surface area contributed by atoms with Gasteiger partial charge in [-0.05, 0) is 36.2 Å². The Morgan fingerprint density at radius 2 is 2.11 bits per heavy atom. The second kappa shape index (κ2) is 9.23. The van der Waals surface area contributed by atoms with Crippen LogP contribution in [0.15, 0.2) is 52.1 Å². The average Bonchev–Trinajstić information content (AvgIpc) is 3.37. The third-order valence-corrected chi connectivity index (χ3v) is 4.54. The van der Waals surface area contributed by atoms with Crippen LogP contribution in [0.5, 0.6) is 0 Å². The van der Waals surface area contributed by atoms with E-state index in [0.29, 0.717) is 18.2 Å². The molecule has 1 fully saturated rings. The molecule has 1 atom stereocenters. The lowest BCUT2D eigenvalue weighted by atomic mass is 10.1. The number of nitrogens with zero attached hydrogens (tertiary/aromatic N) is 2. The molecule has 3 rings (SSSR count). The van der Waals surface area contributed by atoms with E-state index in [4.69, 9.17) is 9.15 Å². The molecule has 1 amide bonds. The van der Waals surface area contributed by atoms with Crippen LogP contribution in [0.1, 0.15) is 22.5 Å². The number of hydrogen-bond acceptors (Lipinski definition) is 4. The summed E-state index contributed by atoms with van der Waals surface area (Å²) in [5.41, 5.74) is 1.83. The van der Waals surface area contributed by atoms with E-state index in [1.165, 1.54) is 6.26 Å². The molecule has 7 nitrogen and oxygen atoms in total. The summed E-state index contributed by atoms with van der Waals surface area (Å²) >= 11 is 0. The van der Waals surface area contributed by atoms with Crippen LogP contribution in [0.4, 0.5) is 5.69 Å². The number of furan rings is 1. The van der Waals surface area contributed by atoms with Crippen molar-refractivity contribution in [1.82, 2.24) is 10.2 Å². The number of nitrogens with one attached hydrogen (secondary N) is 2. The van der Waals surface area contributed by atoms with Crippen LogP contribution in [0.25, 0.3) is 0 Å². The summed E-state index contributed by atoms with van der Waals surface area (Å²) in [4.78, 5) is 18.5. The van der Waals surface area contributed by atoms with Gasteiger partial charge in [-0.1, -0.05) is 12.1 Å². The molecule has 2 heterocycles. The van der Waals surface area contributed by atoms with Gasteiger partial charge in [-0.15, -0.1) is 0 Å². The Kier molecular flexibility index (Phi) is 6.49. The third-order valence-electron chi connectivity index (χ3n) is 4.54. The molecule has 27 heavy (non-hydrogen) atoms. The number of amides is 1. The summed E-state index contributed by atoms with van der Waals surface area (Å²) in [6.45, 7) is 3.27. The largest absolute Gasteiger partial charge is 0.459 e. The highest BCUT2D eigenvalue weighted by Gasteiger charge is 2.19. The van der Waals surface area contributed by atoms with E-state index in [1.54, 1.807) is 19.2 Å². The zero-order valence-corrected chi connectivity index (χ0v) is 15.8. The zero-order chi connectivity index (χ0) is 19.1. The van der Waals surface area contributed by atoms with Crippen molar-refractivity contribution < 1.29 is 13.9 Å². The Bertz CT molecular complexity index is 750. The number of guanidine groups is 1. The standard InChI is InChI=1S/C20H26N4O3/c1-21-20(24(2)13-16-9-11-26-14-16)22-12-15-5-7-17(8-6-15)23-19(25)18-4-3-10-27-18/h3-8,10,16H,9,11-14H2,1-2H3,(H,21,22)(H,23,25). The highest BCUT2D eigenvalue weighted by molar-refractivity contribution is 6.02. The molecule has 2 N–H and O–H groups in total. The van der Waals surface area contributed by atoms with Gasteiger partial charge in [-0.3, -0.25) is 9.79 Å². The molecule has 7 heteroatoms. The highest BCUT2D eigenvalue weighted by atomic mass is 16.5. The van der Waals surface area contributed by atoms with Gasteiger partial charge in [0.2, 0.25) is 0 Å². The molecule has 1 aliphatic rings. The molecule has 2 aromatic rings. The Balaban J connectivity index is 1.49. The number of ether oxygens (including phenoxy) is 1. The van der Waals surface area contributed by atoms with Crippen molar-refractivity contribution in [3.05, 3.63) is 54.0 Å². The van der Waals surface area contributed by atoms with Crippen LogP contribution < -0.4 is 10.6 Å². The van der Waals surface area contributed by atoms with Crippen LogP contribution >= 0.6 is 0 Å². The first-order valence-corrected chi connectivity index (χ1v) is 9.09. The molecule has 144 valence electrons. The molecule has 1 aromatic heterocycles. The zero-order valence-electron chi connectivity index (χ0n) is 15.8. The Hall–Kier alpha value is -2.80. The van der Waals surface area contributed by atoms with Gasteiger partial charge >= 0.3 is 0 Å². The first-order valence-electron chi connectivity index (χ1n) is 9.09. The Labute approximate surface area is 159 Å². The molecule has 0 aliphatic carbocycles. The van der Waals surface area contributed by atoms with E-state index in [1.807, 2.05) is 31.3 Å². The molecule has 1 aromatic carbocycles. The summed E-state index contributed by atoms with van der Waals surface area (Å²) in [7, 11) is 3.83. The van der Waals surface area contributed by atoms with E-state index in [-0.39, 0.29) is 5.91 Å². The monoisotopic (exact) mass is 370 g/mol. The number of carbonyl (C=O) groups excluding carboxylic acids is 1. The van der Waals surface area contributed by atoms with Crippen LogP contribution in [-0.2, 0) is 11.3 Å². The summed E-state index contributed by atoms with van der Waals surface area (Å²) in [6, 6.07) is 11.0. The van der Waals surface area contributed by atoms with Crippen LogP contribution in [0, 0.1) is 5.92 Å². The molecule has 0 radical (unpaired) electrons. The lowest BCUT2D eigenvalue weighted by Crippen LogP contribution is -2.41. The smallest absolute Gasteiger partial charge is 0.291 e. The highest BCUT2D eigenvalue weighted by Crippen LogP contribution is 2.14. The van der Waals surface area contributed by atoms with Gasteiger partial charge in [-0.2, -0.15) is 0 Å². The lowest BCUT2D eigenvalue weighted by Gasteiger charge is -2.24. The van der Waals surface area contributed by atoms with Crippen molar-refractivity contribution >= 4 is 17.6 Å². The number of benzene rings is 1. The third kappa shape index (κ3) is 5.34. The number of carbonyl (C=O) groups is 1. The predicted molar refractivity (Wildman–Crippen MR) is 105 cm³/mol. The second-order valence-electron chi connectivity index (χ2n) is 6.64. The van der Waals surface area contributed by atoms with Crippen molar-refractivity contribution in [2.75, 3.05) is 39.2 Å². The van der Waals surface area contributed by atoms with E-state index >= 15 is 0 Å². The fourth-order valence-corrected chi connectivity index (χ4v) is 3.07.